The predicted octanol–water partition coefficient (Wildman–Crippen LogP) is 6.52. The summed E-state index contributed by atoms with van der Waals surface area (Å²) in [6.07, 6.45) is 0.918. The van der Waals surface area contributed by atoms with E-state index in [4.69, 9.17) is 9.47 Å². The van der Waals surface area contributed by atoms with Gasteiger partial charge in [-0.25, -0.2) is 8.42 Å². The standard InChI is InChI=1S/C37H42BrN3O6S/c1-6-27(3)39-37(43)34(22-28-10-8-7-9-11-28)40(24-29-14-16-30(38)17-15-29)36(42)25-41(33-23-31(46-4)18-21-35(33)47-5)48(44,45)32-19-12-26(2)13-20-32/h7-21,23,27,34H,6,22,24-25H2,1-5H3,(H,39,43)/t27-,34-/m0/s1. The Hall–Kier alpha value is -4.35. The number of aryl methyl sites for hydroxylation is 1. The number of nitrogens with zero attached hydrogens (tertiary/aromatic N) is 2. The molecule has 4 aromatic carbocycles. The molecule has 0 saturated carbocycles. The zero-order chi connectivity index (χ0) is 34.8. The van der Waals surface area contributed by atoms with Crippen molar-refractivity contribution in [2.75, 3.05) is 25.1 Å². The molecule has 48 heavy (non-hydrogen) atoms. The minimum Gasteiger partial charge on any atom is -0.497 e. The van der Waals surface area contributed by atoms with Gasteiger partial charge in [-0.2, -0.15) is 0 Å². The van der Waals surface area contributed by atoms with Crippen molar-refractivity contribution >= 4 is 43.5 Å². The summed E-state index contributed by atoms with van der Waals surface area (Å²) in [6, 6.07) is 27.0. The Bertz CT molecular complexity index is 1780. The highest BCUT2D eigenvalue weighted by Crippen LogP contribution is 2.36. The van der Waals surface area contributed by atoms with Crippen LogP contribution >= 0.6 is 15.9 Å². The number of amides is 2. The molecule has 254 valence electrons. The number of methoxy groups -OCH3 is 2. The van der Waals surface area contributed by atoms with Crippen LogP contribution in [0.3, 0.4) is 0 Å². The summed E-state index contributed by atoms with van der Waals surface area (Å²) in [4.78, 5) is 30.2. The molecule has 0 radical (unpaired) electrons. The van der Waals surface area contributed by atoms with Crippen LogP contribution in [0.25, 0.3) is 0 Å². The second-order valence-corrected chi connectivity index (χ2v) is 14.3. The summed E-state index contributed by atoms with van der Waals surface area (Å²) in [5.74, 6) is -0.290. The van der Waals surface area contributed by atoms with Gasteiger partial charge in [-0.05, 0) is 67.8 Å². The van der Waals surface area contributed by atoms with Gasteiger partial charge in [-0.15, -0.1) is 0 Å². The van der Waals surface area contributed by atoms with Crippen molar-refractivity contribution < 1.29 is 27.5 Å². The molecule has 0 heterocycles. The van der Waals surface area contributed by atoms with Gasteiger partial charge in [0.1, 0.15) is 24.1 Å². The summed E-state index contributed by atoms with van der Waals surface area (Å²) < 4.78 is 41.8. The molecule has 0 aliphatic carbocycles. The average Bonchev–Trinajstić information content (AvgIpc) is 3.09. The number of anilines is 1. The van der Waals surface area contributed by atoms with Gasteiger partial charge >= 0.3 is 0 Å². The van der Waals surface area contributed by atoms with Crippen LogP contribution in [0, 0.1) is 6.92 Å². The van der Waals surface area contributed by atoms with Gasteiger partial charge in [-0.1, -0.05) is 83.0 Å². The minimum atomic E-state index is -4.32. The smallest absolute Gasteiger partial charge is 0.264 e. The molecule has 0 aliphatic heterocycles. The van der Waals surface area contributed by atoms with Gasteiger partial charge < -0.3 is 19.7 Å². The number of carbonyl (C=O) groups excluding carboxylic acids is 2. The first-order chi connectivity index (χ1) is 23.0. The molecule has 9 nitrogen and oxygen atoms in total. The zero-order valence-electron chi connectivity index (χ0n) is 27.9. The maximum Gasteiger partial charge on any atom is 0.264 e. The summed E-state index contributed by atoms with van der Waals surface area (Å²) in [5, 5.41) is 3.05. The maximum atomic E-state index is 14.7. The van der Waals surface area contributed by atoms with Crippen LogP contribution in [0.4, 0.5) is 5.69 Å². The number of ether oxygens (including phenoxy) is 2. The van der Waals surface area contributed by atoms with E-state index in [-0.39, 0.29) is 41.2 Å². The normalized spacial score (nSPS) is 12.5. The van der Waals surface area contributed by atoms with Gasteiger partial charge in [0, 0.05) is 29.5 Å². The molecule has 4 aromatic rings. The van der Waals surface area contributed by atoms with Gasteiger partial charge in [-0.3, -0.25) is 13.9 Å². The lowest BCUT2D eigenvalue weighted by molar-refractivity contribution is -0.140. The van der Waals surface area contributed by atoms with Crippen LogP contribution in [0.5, 0.6) is 11.5 Å². The van der Waals surface area contributed by atoms with Gasteiger partial charge in [0.25, 0.3) is 10.0 Å². The van der Waals surface area contributed by atoms with Crippen LogP contribution in [0.1, 0.15) is 37.0 Å². The number of hydrogen-bond donors (Lipinski definition) is 1. The summed E-state index contributed by atoms with van der Waals surface area (Å²) in [5.41, 5.74) is 2.63. The molecule has 0 aliphatic rings. The highest BCUT2D eigenvalue weighted by atomic mass is 79.9. The van der Waals surface area contributed by atoms with E-state index < -0.39 is 28.5 Å². The number of sulfonamides is 1. The zero-order valence-corrected chi connectivity index (χ0v) is 30.3. The first kappa shape index (κ1) is 36.5. The molecular weight excluding hydrogens is 694 g/mol. The molecule has 0 bridgehead atoms. The molecule has 1 N–H and O–H groups in total. The Morgan fingerprint density at radius 3 is 2.15 bits per heavy atom. The van der Waals surface area contributed by atoms with Gasteiger partial charge in [0.15, 0.2) is 0 Å². The Morgan fingerprint density at radius 2 is 1.54 bits per heavy atom. The summed E-state index contributed by atoms with van der Waals surface area (Å²) >= 11 is 3.46. The van der Waals surface area contributed by atoms with E-state index in [0.717, 1.165) is 25.5 Å². The van der Waals surface area contributed by atoms with Crippen LogP contribution < -0.4 is 19.1 Å². The van der Waals surface area contributed by atoms with E-state index in [2.05, 4.69) is 21.2 Å². The number of hydrogen-bond acceptors (Lipinski definition) is 6. The summed E-state index contributed by atoms with van der Waals surface area (Å²) in [6.45, 7) is 5.18. The van der Waals surface area contributed by atoms with Gasteiger partial charge in [0.05, 0.1) is 24.8 Å². The molecule has 0 unspecified atom stereocenters. The lowest BCUT2D eigenvalue weighted by atomic mass is 10.0. The van der Waals surface area contributed by atoms with E-state index >= 15 is 0 Å². The first-order valence-electron chi connectivity index (χ1n) is 15.7. The van der Waals surface area contributed by atoms with E-state index in [1.807, 2.05) is 75.4 Å². The van der Waals surface area contributed by atoms with Crippen molar-refractivity contribution in [3.05, 3.63) is 118 Å². The molecule has 0 fully saturated rings. The molecule has 0 spiro atoms. The van der Waals surface area contributed by atoms with E-state index in [0.29, 0.717) is 12.2 Å². The molecule has 0 saturated heterocycles. The maximum absolute atomic E-state index is 14.7. The Kier molecular flexibility index (Phi) is 12.7. The topological polar surface area (TPSA) is 105 Å². The quantitative estimate of drug-likeness (QED) is 0.149. The van der Waals surface area contributed by atoms with Crippen molar-refractivity contribution in [1.29, 1.82) is 0 Å². The number of nitrogens with one attached hydrogen (secondary N) is 1. The highest BCUT2D eigenvalue weighted by molar-refractivity contribution is 9.10. The van der Waals surface area contributed by atoms with Gasteiger partial charge in [0.2, 0.25) is 11.8 Å². The first-order valence-corrected chi connectivity index (χ1v) is 17.9. The number of carbonyl (C=O) groups is 2. The van der Waals surface area contributed by atoms with Crippen LogP contribution in [-0.4, -0.2) is 58.0 Å². The molecule has 2 atom stereocenters. The number of benzene rings is 4. The molecule has 2 amide bonds. The van der Waals surface area contributed by atoms with Crippen LogP contribution in [-0.2, 0) is 32.6 Å². The fourth-order valence-corrected chi connectivity index (χ4v) is 6.80. The monoisotopic (exact) mass is 735 g/mol. The number of halogens is 1. The third-order valence-electron chi connectivity index (χ3n) is 8.08. The lowest BCUT2D eigenvalue weighted by Crippen LogP contribution is -2.54. The van der Waals surface area contributed by atoms with Crippen molar-refractivity contribution in [3.8, 4) is 11.5 Å². The Labute approximate surface area is 292 Å². The van der Waals surface area contributed by atoms with E-state index in [1.165, 1.54) is 37.3 Å². The summed E-state index contributed by atoms with van der Waals surface area (Å²) in [7, 11) is -1.42. The highest BCUT2D eigenvalue weighted by Gasteiger charge is 2.36. The van der Waals surface area contributed by atoms with Crippen molar-refractivity contribution in [2.45, 2.75) is 57.1 Å². The Morgan fingerprint density at radius 1 is 0.875 bits per heavy atom. The second-order valence-electron chi connectivity index (χ2n) is 11.5. The fourth-order valence-electron chi connectivity index (χ4n) is 5.12. The van der Waals surface area contributed by atoms with Crippen LogP contribution in [0.2, 0.25) is 0 Å². The predicted molar refractivity (Wildman–Crippen MR) is 192 cm³/mol. The lowest BCUT2D eigenvalue weighted by Gasteiger charge is -2.34. The third kappa shape index (κ3) is 9.17. The SMILES string of the molecule is CC[C@H](C)NC(=O)[C@H](Cc1ccccc1)N(Cc1ccc(Br)cc1)C(=O)CN(c1cc(OC)ccc1OC)S(=O)(=O)c1ccc(C)cc1. The van der Waals surface area contributed by atoms with Crippen molar-refractivity contribution in [3.63, 3.8) is 0 Å². The minimum absolute atomic E-state index is 0.000539. The third-order valence-corrected chi connectivity index (χ3v) is 10.4. The van der Waals surface area contributed by atoms with Crippen molar-refractivity contribution in [1.82, 2.24) is 10.2 Å². The average molecular weight is 737 g/mol. The number of rotatable bonds is 15. The molecule has 11 heteroatoms. The molecule has 4 rings (SSSR count). The van der Waals surface area contributed by atoms with E-state index in [9.17, 15) is 18.0 Å². The molecular formula is C37H42BrN3O6S. The van der Waals surface area contributed by atoms with E-state index in [1.54, 1.807) is 24.3 Å². The van der Waals surface area contributed by atoms with Crippen LogP contribution in [0.15, 0.2) is 106 Å². The molecule has 0 aromatic heterocycles. The second kappa shape index (κ2) is 16.7. The Balaban J connectivity index is 1.87. The largest absolute Gasteiger partial charge is 0.497 e. The van der Waals surface area contributed by atoms with Crippen molar-refractivity contribution in [2.24, 2.45) is 0 Å². The fraction of sp³-hybridized carbons (Fsp3) is 0.297.